The molecule has 1 heterocycles. The molecule has 0 atom stereocenters. The monoisotopic (exact) mass is 163 g/mol. The molecule has 0 radical (unpaired) electrons. The van der Waals surface area contributed by atoms with E-state index >= 15 is 0 Å². The number of aromatic nitrogens is 3. The second-order valence-corrected chi connectivity index (χ2v) is 2.66. The lowest BCUT2D eigenvalue weighted by atomic mass is 10.1. The molecule has 0 spiro atoms. The van der Waals surface area contributed by atoms with Crippen LogP contribution in [-0.2, 0) is 0 Å². The molecular weight excluding hydrogens is 154 g/mol. The fourth-order valence-corrected chi connectivity index (χ4v) is 1.16. The van der Waals surface area contributed by atoms with E-state index in [-0.39, 0.29) is 0 Å². The normalized spacial score (nSPS) is 17.0. The molecular formula is C8H9N3O. The molecule has 0 saturated heterocycles. The summed E-state index contributed by atoms with van der Waals surface area (Å²) >= 11 is 0. The summed E-state index contributed by atoms with van der Waals surface area (Å²) in [5.74, 6) is 0.430. The van der Waals surface area contributed by atoms with Gasteiger partial charge >= 0.3 is 0 Å². The Bertz CT molecular complexity index is 324. The fraction of sp³-hybridized carbons (Fsp3) is 0.250. The van der Waals surface area contributed by atoms with Gasteiger partial charge in [0.15, 0.2) is 0 Å². The van der Waals surface area contributed by atoms with Gasteiger partial charge in [-0.3, -0.25) is 0 Å². The maximum Gasteiger partial charge on any atom is 0.138 e. The van der Waals surface area contributed by atoms with Crippen molar-refractivity contribution in [3.63, 3.8) is 0 Å². The van der Waals surface area contributed by atoms with Crippen LogP contribution in [0.2, 0.25) is 0 Å². The Hall–Kier alpha value is -1.58. The van der Waals surface area contributed by atoms with Crippen LogP contribution in [0, 0.1) is 0 Å². The first-order valence-corrected chi connectivity index (χ1v) is 3.80. The molecule has 0 fully saturated rings. The highest BCUT2D eigenvalue weighted by molar-refractivity contribution is 5.49. The van der Waals surface area contributed by atoms with Crippen molar-refractivity contribution < 1.29 is 5.11 Å². The lowest BCUT2D eigenvalue weighted by molar-refractivity contribution is 0.387. The third kappa shape index (κ3) is 1.23. The highest BCUT2D eigenvalue weighted by Gasteiger charge is 2.06. The minimum atomic E-state index is 0.430. The molecule has 1 aliphatic rings. The maximum atomic E-state index is 9.10. The first-order chi connectivity index (χ1) is 5.86. The molecule has 2 rings (SSSR count). The van der Waals surface area contributed by atoms with Crippen molar-refractivity contribution in [2.75, 3.05) is 0 Å². The van der Waals surface area contributed by atoms with Crippen molar-refractivity contribution >= 4 is 5.70 Å². The van der Waals surface area contributed by atoms with Crippen molar-refractivity contribution in [2.24, 2.45) is 0 Å². The second-order valence-electron chi connectivity index (χ2n) is 2.66. The average molecular weight is 163 g/mol. The molecule has 12 heavy (non-hydrogen) atoms. The molecule has 0 saturated carbocycles. The largest absolute Gasteiger partial charge is 0.512 e. The topological polar surface area (TPSA) is 50.9 Å². The van der Waals surface area contributed by atoms with Crippen LogP contribution in [0.5, 0.6) is 0 Å². The van der Waals surface area contributed by atoms with Gasteiger partial charge in [-0.15, -0.1) is 0 Å². The molecule has 1 aliphatic carbocycles. The minimum absolute atomic E-state index is 0.430. The summed E-state index contributed by atoms with van der Waals surface area (Å²) in [6.45, 7) is 0. The van der Waals surface area contributed by atoms with E-state index in [1.54, 1.807) is 17.1 Å². The summed E-state index contributed by atoms with van der Waals surface area (Å²) in [5, 5.41) is 13.1. The Labute approximate surface area is 69.9 Å². The predicted octanol–water partition coefficient (Wildman–Crippen LogP) is 1.35. The molecule has 1 N–H and O–H groups in total. The van der Waals surface area contributed by atoms with Gasteiger partial charge in [-0.1, -0.05) is 0 Å². The van der Waals surface area contributed by atoms with Gasteiger partial charge in [-0.2, -0.15) is 5.10 Å². The highest BCUT2D eigenvalue weighted by Crippen LogP contribution is 2.18. The summed E-state index contributed by atoms with van der Waals surface area (Å²) in [5.41, 5.74) is 1.06. The zero-order valence-corrected chi connectivity index (χ0v) is 6.51. The minimum Gasteiger partial charge on any atom is -0.512 e. The second kappa shape index (κ2) is 2.81. The van der Waals surface area contributed by atoms with E-state index in [9.17, 15) is 0 Å². The molecule has 4 heteroatoms. The van der Waals surface area contributed by atoms with Gasteiger partial charge in [0.25, 0.3) is 0 Å². The lowest BCUT2D eigenvalue weighted by Crippen LogP contribution is -2.01. The maximum absolute atomic E-state index is 9.10. The van der Waals surface area contributed by atoms with E-state index < -0.39 is 0 Å². The fourth-order valence-electron chi connectivity index (χ4n) is 1.16. The summed E-state index contributed by atoms with van der Waals surface area (Å²) in [4.78, 5) is 3.84. The molecule has 4 nitrogen and oxygen atoms in total. The predicted molar refractivity (Wildman–Crippen MR) is 44.2 cm³/mol. The van der Waals surface area contributed by atoms with Crippen LogP contribution in [0.1, 0.15) is 12.8 Å². The summed E-state index contributed by atoms with van der Waals surface area (Å²) in [6, 6.07) is 0. The van der Waals surface area contributed by atoms with Crippen molar-refractivity contribution in [1.82, 2.24) is 14.8 Å². The Kier molecular flexibility index (Phi) is 1.66. The third-order valence-electron chi connectivity index (χ3n) is 1.82. The van der Waals surface area contributed by atoms with Gasteiger partial charge in [0, 0.05) is 12.1 Å². The number of rotatable bonds is 1. The van der Waals surface area contributed by atoms with Crippen LogP contribution in [-0.4, -0.2) is 19.9 Å². The van der Waals surface area contributed by atoms with Crippen molar-refractivity contribution in [2.45, 2.75) is 12.8 Å². The van der Waals surface area contributed by atoms with E-state index in [0.29, 0.717) is 12.2 Å². The number of aliphatic hydroxyl groups excluding tert-OH is 1. The van der Waals surface area contributed by atoms with E-state index in [0.717, 1.165) is 12.1 Å². The number of nitrogens with zero attached hydrogens (tertiary/aromatic N) is 3. The zero-order chi connectivity index (χ0) is 8.39. The van der Waals surface area contributed by atoms with E-state index in [1.807, 2.05) is 6.08 Å². The van der Waals surface area contributed by atoms with Crippen LogP contribution < -0.4 is 0 Å². The third-order valence-corrected chi connectivity index (χ3v) is 1.82. The molecule has 0 aromatic carbocycles. The Morgan fingerprint density at radius 3 is 2.83 bits per heavy atom. The molecule has 0 amide bonds. The molecule has 0 unspecified atom stereocenters. The lowest BCUT2D eigenvalue weighted by Gasteiger charge is -2.09. The number of hydrogen-bond acceptors (Lipinski definition) is 3. The first-order valence-electron chi connectivity index (χ1n) is 3.80. The molecule has 0 bridgehead atoms. The highest BCUT2D eigenvalue weighted by atomic mass is 16.3. The van der Waals surface area contributed by atoms with E-state index in [4.69, 9.17) is 5.11 Å². The summed E-state index contributed by atoms with van der Waals surface area (Å²) in [7, 11) is 0. The molecule has 0 aliphatic heterocycles. The van der Waals surface area contributed by atoms with Crippen molar-refractivity contribution in [3.8, 4) is 0 Å². The summed E-state index contributed by atoms with van der Waals surface area (Å²) < 4.78 is 1.71. The number of aliphatic hydroxyl groups is 1. The van der Waals surface area contributed by atoms with Crippen molar-refractivity contribution in [3.05, 3.63) is 30.6 Å². The Morgan fingerprint density at radius 1 is 1.33 bits per heavy atom. The zero-order valence-electron chi connectivity index (χ0n) is 6.51. The van der Waals surface area contributed by atoms with Gasteiger partial charge in [0.2, 0.25) is 0 Å². The van der Waals surface area contributed by atoms with Crippen LogP contribution in [0.3, 0.4) is 0 Å². The first kappa shape index (κ1) is 7.09. The Balaban J connectivity index is 2.27. The van der Waals surface area contributed by atoms with Crippen LogP contribution in [0.25, 0.3) is 5.70 Å². The van der Waals surface area contributed by atoms with E-state index in [1.165, 1.54) is 6.33 Å². The number of allylic oxidation sites excluding steroid dienone is 4. The molecule has 1 aromatic heterocycles. The quantitative estimate of drug-likeness (QED) is 0.680. The average Bonchev–Trinajstić information content (AvgIpc) is 2.58. The SMILES string of the molecule is OC1=CC=C(n2cncn2)CC1. The van der Waals surface area contributed by atoms with Crippen LogP contribution >= 0.6 is 0 Å². The van der Waals surface area contributed by atoms with Gasteiger partial charge in [-0.05, 0) is 18.6 Å². The van der Waals surface area contributed by atoms with Crippen molar-refractivity contribution in [1.29, 1.82) is 0 Å². The van der Waals surface area contributed by atoms with Gasteiger partial charge in [0.05, 0.1) is 5.76 Å². The van der Waals surface area contributed by atoms with Crippen LogP contribution in [0.15, 0.2) is 30.6 Å². The van der Waals surface area contributed by atoms with Crippen LogP contribution in [0.4, 0.5) is 0 Å². The molecule has 62 valence electrons. The smallest absolute Gasteiger partial charge is 0.138 e. The molecule has 1 aromatic rings. The van der Waals surface area contributed by atoms with Gasteiger partial charge < -0.3 is 5.11 Å². The van der Waals surface area contributed by atoms with Gasteiger partial charge in [0.1, 0.15) is 12.7 Å². The number of hydrogen-bond donors (Lipinski definition) is 1. The Morgan fingerprint density at radius 2 is 2.25 bits per heavy atom. The van der Waals surface area contributed by atoms with Gasteiger partial charge in [-0.25, -0.2) is 9.67 Å². The van der Waals surface area contributed by atoms with E-state index in [2.05, 4.69) is 10.1 Å². The standard InChI is InChI=1S/C8H9N3O/c12-8-3-1-7(2-4-8)11-6-9-5-10-11/h1,3,5-6,12H,2,4H2. The summed E-state index contributed by atoms with van der Waals surface area (Å²) in [6.07, 6.45) is 8.20.